The number of nitrogens with one attached hydrogen (secondary N) is 1. The maximum absolute atomic E-state index is 17.9. The van der Waals surface area contributed by atoms with E-state index < -0.39 is 29.2 Å². The van der Waals surface area contributed by atoms with Crippen molar-refractivity contribution in [2.45, 2.75) is 140 Å². The van der Waals surface area contributed by atoms with E-state index in [-0.39, 0.29) is 82.9 Å². The quantitative estimate of drug-likeness (QED) is 0.0588. The first-order chi connectivity index (χ1) is 42.4. The summed E-state index contributed by atoms with van der Waals surface area (Å²) in [4.78, 5) is 81.3. The van der Waals surface area contributed by atoms with Crippen molar-refractivity contribution in [3.63, 3.8) is 0 Å². The smallest absolute Gasteiger partial charge is 0.410 e. The molecule has 7 fully saturated rings. The van der Waals surface area contributed by atoms with Crippen LogP contribution in [0.3, 0.4) is 0 Å². The number of halogens is 2. The fourth-order valence-electron chi connectivity index (χ4n) is 15.5. The Bertz CT molecular complexity index is 3790. The molecule has 3 unspecified atom stereocenters. The van der Waals surface area contributed by atoms with Crippen LogP contribution in [-0.4, -0.2) is 183 Å². The zero-order chi connectivity index (χ0) is 61.3. The number of rotatable bonds is 15. The molecular weight excluding hydrogens is 1130 g/mol. The van der Waals surface area contributed by atoms with Crippen LogP contribution >= 0.6 is 0 Å². The van der Waals surface area contributed by atoms with Gasteiger partial charge in [-0.1, -0.05) is 12.0 Å². The van der Waals surface area contributed by atoms with E-state index in [1.807, 2.05) is 45.6 Å². The Morgan fingerprint density at radius 2 is 1.60 bits per heavy atom. The second-order valence-electron chi connectivity index (χ2n) is 26.7. The highest BCUT2D eigenvalue weighted by atomic mass is 19.1. The van der Waals surface area contributed by atoms with Gasteiger partial charge in [0.25, 0.3) is 0 Å². The molecule has 13 rings (SSSR count). The lowest BCUT2D eigenvalue weighted by molar-refractivity contribution is -0.135. The number of imide groups is 1. The maximum Gasteiger partial charge on any atom is 0.410 e. The van der Waals surface area contributed by atoms with Crippen molar-refractivity contribution in [2.24, 2.45) is 5.92 Å². The SMILES string of the molecule is C#Cc1c(F)ccc2cc(OCOC)cc(-c3ncc4c(N5CC6CCC(C5)N6C(=O)OC(C)(C)C)nc(OC[C@]56CCCN5[C@H](CN5CCN(CC7CCN(c8ccc9c(c8)n(C(C)C)c(=O)n9C8CCC(=O)NC8=O)CC7)CC5)CC6)nc4c3F)c12. The molecule has 7 aliphatic heterocycles. The normalized spacial score (nSPS) is 24.1. The molecule has 22 heteroatoms. The average molecular weight is 1210 g/mol. The largest absolute Gasteiger partial charge is 0.468 e. The minimum atomic E-state index is -0.751. The van der Waals surface area contributed by atoms with E-state index in [1.165, 1.54) is 13.2 Å². The summed E-state index contributed by atoms with van der Waals surface area (Å²) in [6.07, 6.45) is 15.4. The predicted molar refractivity (Wildman–Crippen MR) is 331 cm³/mol. The molecule has 0 radical (unpaired) electrons. The molecule has 3 amide bonds. The van der Waals surface area contributed by atoms with Crippen molar-refractivity contribution in [3.8, 4) is 35.4 Å². The van der Waals surface area contributed by atoms with Crippen LogP contribution in [0.25, 0.3) is 44.0 Å². The van der Waals surface area contributed by atoms with Crippen molar-refractivity contribution >= 4 is 62.1 Å². The molecule has 7 saturated heterocycles. The second kappa shape index (κ2) is 23.8. The van der Waals surface area contributed by atoms with Gasteiger partial charge >= 0.3 is 17.8 Å². The molecule has 20 nitrogen and oxygen atoms in total. The summed E-state index contributed by atoms with van der Waals surface area (Å²) in [6, 6.07) is 11.5. The topological polar surface area (TPSA) is 185 Å². The van der Waals surface area contributed by atoms with Crippen molar-refractivity contribution in [2.75, 3.05) is 102 Å². The Morgan fingerprint density at radius 3 is 2.31 bits per heavy atom. The van der Waals surface area contributed by atoms with Gasteiger partial charge in [0.2, 0.25) is 11.8 Å². The van der Waals surface area contributed by atoms with Crippen LogP contribution in [0, 0.1) is 29.9 Å². The Kier molecular flexibility index (Phi) is 16.1. The predicted octanol–water partition coefficient (Wildman–Crippen LogP) is 8.26. The molecule has 10 heterocycles. The van der Waals surface area contributed by atoms with Crippen molar-refractivity contribution in [1.29, 1.82) is 0 Å². The molecule has 7 aliphatic rings. The molecule has 2 bridgehead atoms. The number of fused-ring (bicyclic) bond motifs is 6. The third-order valence-electron chi connectivity index (χ3n) is 19.7. The Morgan fingerprint density at radius 1 is 0.852 bits per heavy atom. The number of ether oxygens (including phenoxy) is 4. The number of piperidine rings is 2. The van der Waals surface area contributed by atoms with Gasteiger partial charge in [0.15, 0.2) is 12.6 Å². The van der Waals surface area contributed by atoms with E-state index in [9.17, 15) is 19.2 Å². The summed E-state index contributed by atoms with van der Waals surface area (Å²) in [5.41, 5.74) is 1.57. The number of aromatic nitrogens is 5. The third-order valence-corrected chi connectivity index (χ3v) is 19.7. The second-order valence-corrected chi connectivity index (χ2v) is 26.7. The molecule has 5 atom stereocenters. The molecule has 6 aromatic rings. The van der Waals surface area contributed by atoms with Gasteiger partial charge in [-0.3, -0.25) is 43.7 Å². The first-order valence-corrected chi connectivity index (χ1v) is 31.5. The number of imidazole rings is 1. The van der Waals surface area contributed by atoms with Crippen LogP contribution in [-0.2, 0) is 19.1 Å². The van der Waals surface area contributed by atoms with E-state index >= 15 is 8.78 Å². The van der Waals surface area contributed by atoms with Crippen molar-refractivity contribution in [3.05, 3.63) is 76.3 Å². The summed E-state index contributed by atoms with van der Waals surface area (Å²) in [7, 11) is 1.50. The Balaban J connectivity index is 0.683. The summed E-state index contributed by atoms with van der Waals surface area (Å²) in [6.45, 7) is 19.6. The molecular formula is C66H80F2N12O8. The lowest BCUT2D eigenvalue weighted by Crippen LogP contribution is -2.57. The zero-order valence-electron chi connectivity index (χ0n) is 51.4. The minimum absolute atomic E-state index is 0.00708. The third kappa shape index (κ3) is 11.2. The lowest BCUT2D eigenvalue weighted by atomic mass is 9.95. The van der Waals surface area contributed by atoms with Gasteiger partial charge in [-0.25, -0.2) is 18.4 Å². The molecule has 0 spiro atoms. The van der Waals surface area contributed by atoms with Crippen LogP contribution < -0.4 is 30.3 Å². The lowest BCUT2D eigenvalue weighted by Gasteiger charge is -2.42. The number of benzene rings is 3. The number of carbonyl (C=O) groups is 3. The van der Waals surface area contributed by atoms with Gasteiger partial charge in [-0.2, -0.15) is 9.97 Å². The number of methoxy groups -OCH3 is 1. The standard InChI is InChI=1S/C66H80F2N12O8/c1-8-48-51(67)14-10-42-30-47(87-39-85-7)32-49(56(42)48)58-57(68)59-50(33-69-58)60(76-36-45-11-12-46(37-76)79(45)64(84)88-65(4,5)6)72-62(71-59)86-38-66-21-9-23-77(66)44(18-22-66)35-74-28-26-73(27-29-74)34-41-19-24-75(25-20-41)43-13-15-52-54(31-43)78(40(2)3)63(83)80(52)53-16-17-55(81)70-61(53)82/h1,10,13-15,30-33,40-41,44-46,53H,9,11-12,16-29,34-39H2,2-7H3,(H,70,81,82)/t44-,45?,46?,53?,66+/m0/s1. The van der Waals surface area contributed by atoms with Crippen molar-refractivity contribution in [1.82, 2.24) is 49.0 Å². The van der Waals surface area contributed by atoms with E-state index in [1.54, 1.807) is 33.5 Å². The highest BCUT2D eigenvalue weighted by Crippen LogP contribution is 2.45. The van der Waals surface area contributed by atoms with E-state index in [2.05, 4.69) is 47.9 Å². The van der Waals surface area contributed by atoms with Gasteiger partial charge < -0.3 is 33.6 Å². The number of hydrogen-bond donors (Lipinski definition) is 1. The average Bonchev–Trinajstić information content (AvgIpc) is 1.53. The van der Waals surface area contributed by atoms with Crippen LogP contribution in [0.2, 0.25) is 0 Å². The Labute approximate surface area is 511 Å². The van der Waals surface area contributed by atoms with Gasteiger partial charge in [0.1, 0.15) is 46.8 Å². The number of terminal acetylenes is 1. The van der Waals surface area contributed by atoms with E-state index in [0.29, 0.717) is 71.3 Å². The molecule has 0 aliphatic carbocycles. The summed E-state index contributed by atoms with van der Waals surface area (Å²) >= 11 is 0. The van der Waals surface area contributed by atoms with Gasteiger partial charge in [-0.05, 0) is 147 Å². The van der Waals surface area contributed by atoms with Crippen LogP contribution in [0.15, 0.2) is 53.5 Å². The number of anilines is 2. The summed E-state index contributed by atoms with van der Waals surface area (Å²) in [5, 5.41) is 3.64. The number of piperazine rings is 2. The summed E-state index contributed by atoms with van der Waals surface area (Å²) < 4.78 is 60.4. The van der Waals surface area contributed by atoms with Crippen molar-refractivity contribution < 1.29 is 42.1 Å². The van der Waals surface area contributed by atoms with E-state index in [4.69, 9.17) is 40.3 Å². The summed E-state index contributed by atoms with van der Waals surface area (Å²) in [5.74, 6) is 1.77. The monoisotopic (exact) mass is 1210 g/mol. The number of pyridine rings is 1. The molecule has 3 aromatic heterocycles. The maximum atomic E-state index is 17.9. The Hall–Kier alpha value is -7.45. The fraction of sp³-hybridized carbons (Fsp3) is 0.561. The molecule has 466 valence electrons. The molecule has 0 saturated carbocycles. The number of hydrogen-bond acceptors (Lipinski definition) is 16. The number of carbonyl (C=O) groups excluding carboxylic acids is 3. The van der Waals surface area contributed by atoms with Gasteiger partial charge in [-0.15, -0.1) is 6.42 Å². The van der Waals surface area contributed by atoms with E-state index in [0.717, 1.165) is 121 Å². The first-order valence-electron chi connectivity index (χ1n) is 31.5. The highest BCUT2D eigenvalue weighted by Gasteiger charge is 2.51. The minimum Gasteiger partial charge on any atom is -0.468 e. The van der Waals surface area contributed by atoms with Crippen LogP contribution in [0.4, 0.5) is 25.1 Å². The number of nitrogens with zero attached hydrogens (tertiary/aromatic N) is 11. The zero-order valence-corrected chi connectivity index (χ0v) is 51.4. The highest BCUT2D eigenvalue weighted by molar-refractivity contribution is 6.03. The van der Waals surface area contributed by atoms with Gasteiger partial charge in [0, 0.05) is 114 Å². The molecule has 1 N–H and O–H groups in total. The molecule has 3 aromatic carbocycles. The van der Waals surface area contributed by atoms with Crippen LogP contribution in [0.5, 0.6) is 11.8 Å². The van der Waals surface area contributed by atoms with Crippen LogP contribution in [0.1, 0.15) is 116 Å². The molecule has 88 heavy (non-hydrogen) atoms. The fourth-order valence-corrected chi connectivity index (χ4v) is 15.5. The van der Waals surface area contributed by atoms with Gasteiger partial charge in [0.05, 0.1) is 39.6 Å². The first kappa shape index (κ1) is 59.5. The number of amides is 3.